The van der Waals surface area contributed by atoms with Crippen molar-refractivity contribution in [1.82, 2.24) is 26.1 Å². The molecule has 0 aliphatic carbocycles. The van der Waals surface area contributed by atoms with Gasteiger partial charge in [-0.05, 0) is 32.2 Å². The summed E-state index contributed by atoms with van der Waals surface area (Å²) >= 11 is 0. The molecular weight excluding hydrogens is 384 g/mol. The van der Waals surface area contributed by atoms with Crippen LogP contribution >= 0.6 is 0 Å². The number of fused-ring (bicyclic) bond motifs is 2. The third kappa shape index (κ3) is 3.99. The van der Waals surface area contributed by atoms with E-state index in [2.05, 4.69) is 21.0 Å². The van der Waals surface area contributed by atoms with Crippen LogP contribution in [0.15, 0.2) is 0 Å². The fourth-order valence-corrected chi connectivity index (χ4v) is 3.57. The summed E-state index contributed by atoms with van der Waals surface area (Å²) in [6.07, 6.45) is -2.71. The molecule has 3 aliphatic rings. The Kier molecular flexibility index (Phi) is 5.65. The van der Waals surface area contributed by atoms with Crippen molar-refractivity contribution in [3.63, 3.8) is 0 Å². The number of hydrogen-bond donors (Lipinski definition) is 4. The minimum absolute atomic E-state index is 0.0624. The van der Waals surface area contributed by atoms with E-state index in [0.717, 1.165) is 17.9 Å². The Morgan fingerprint density at radius 2 is 1.89 bits per heavy atom. The molecule has 4 N–H and O–H groups in total. The predicted octanol–water partition coefficient (Wildman–Crippen LogP) is -0.989. The molecule has 3 heterocycles. The van der Waals surface area contributed by atoms with Crippen LogP contribution in [0.5, 0.6) is 0 Å². The summed E-state index contributed by atoms with van der Waals surface area (Å²) < 4.78 is 26.6. The van der Waals surface area contributed by atoms with Gasteiger partial charge in [0.15, 0.2) is 0 Å². The van der Waals surface area contributed by atoms with Crippen molar-refractivity contribution >= 4 is 23.8 Å². The molecule has 4 amide bonds. The van der Waals surface area contributed by atoms with E-state index >= 15 is 0 Å². The zero-order valence-corrected chi connectivity index (χ0v) is 14.8. The largest absolute Gasteiger partial charge is 0.476 e. The Morgan fingerprint density at radius 3 is 2.54 bits per heavy atom. The number of carboxylic acids is 1. The first kappa shape index (κ1) is 20.2. The van der Waals surface area contributed by atoms with Crippen molar-refractivity contribution in [2.24, 2.45) is 5.92 Å². The molecular formula is C15H21F2N5O6. The highest BCUT2D eigenvalue weighted by atomic mass is 19.3. The van der Waals surface area contributed by atoms with Gasteiger partial charge in [0, 0.05) is 13.1 Å². The highest BCUT2D eigenvalue weighted by Crippen LogP contribution is 2.33. The minimum atomic E-state index is -4.56. The van der Waals surface area contributed by atoms with E-state index in [9.17, 15) is 28.0 Å². The second-order valence-corrected chi connectivity index (χ2v) is 6.94. The van der Waals surface area contributed by atoms with Gasteiger partial charge in [0.2, 0.25) is 5.91 Å². The number of urea groups is 1. The normalized spacial score (nSPS) is 27.5. The monoisotopic (exact) mass is 405 g/mol. The SMILES string of the molecule is O=C(NNC(=O)[C@H]1CC[C@@H]2CN1C(=O)N2OC(F)(F)C(=O)O)[C@@H]1CCCNC1. The summed E-state index contributed by atoms with van der Waals surface area (Å²) in [5.74, 6) is -3.81. The van der Waals surface area contributed by atoms with Crippen LogP contribution in [-0.4, -0.2) is 76.7 Å². The van der Waals surface area contributed by atoms with E-state index in [4.69, 9.17) is 5.11 Å². The lowest BCUT2D eigenvalue weighted by Gasteiger charge is -2.29. The van der Waals surface area contributed by atoms with Crippen LogP contribution in [0.4, 0.5) is 13.6 Å². The van der Waals surface area contributed by atoms with Crippen LogP contribution in [0.2, 0.25) is 0 Å². The molecule has 3 fully saturated rings. The van der Waals surface area contributed by atoms with Gasteiger partial charge >= 0.3 is 18.1 Å². The number of hydrogen-bond acceptors (Lipinski definition) is 6. The number of nitrogens with one attached hydrogen (secondary N) is 3. The summed E-state index contributed by atoms with van der Waals surface area (Å²) in [5, 5.41) is 11.9. The topological polar surface area (TPSA) is 140 Å². The predicted molar refractivity (Wildman–Crippen MR) is 86.3 cm³/mol. The quantitative estimate of drug-likeness (QED) is 0.431. The van der Waals surface area contributed by atoms with Gasteiger partial charge in [0.25, 0.3) is 5.91 Å². The number of aliphatic carboxylic acids is 1. The van der Waals surface area contributed by atoms with Crippen molar-refractivity contribution < 1.29 is 37.9 Å². The van der Waals surface area contributed by atoms with Crippen LogP contribution in [-0.2, 0) is 19.2 Å². The van der Waals surface area contributed by atoms with Crippen molar-refractivity contribution in [2.75, 3.05) is 19.6 Å². The second-order valence-electron chi connectivity index (χ2n) is 6.94. The Bertz CT molecular complexity index is 671. The Morgan fingerprint density at radius 1 is 1.18 bits per heavy atom. The van der Waals surface area contributed by atoms with Gasteiger partial charge in [0.05, 0.1) is 12.0 Å². The number of nitrogens with zero attached hydrogens (tertiary/aromatic N) is 2. The van der Waals surface area contributed by atoms with Crippen LogP contribution in [0.3, 0.4) is 0 Å². The number of carbonyl (C=O) groups excluding carboxylic acids is 3. The van der Waals surface area contributed by atoms with E-state index in [1.165, 1.54) is 0 Å². The lowest BCUT2D eigenvalue weighted by atomic mass is 9.99. The average Bonchev–Trinajstić information content (AvgIpc) is 2.91. The summed E-state index contributed by atoms with van der Waals surface area (Å²) in [5.41, 5.74) is 4.60. The first-order valence-corrected chi connectivity index (χ1v) is 8.91. The fourth-order valence-electron chi connectivity index (χ4n) is 3.57. The number of hydroxylamine groups is 2. The molecule has 0 aromatic heterocycles. The van der Waals surface area contributed by atoms with Crippen molar-refractivity contribution in [1.29, 1.82) is 0 Å². The molecule has 3 rings (SSSR count). The molecule has 0 saturated carbocycles. The van der Waals surface area contributed by atoms with Crippen LogP contribution in [0.1, 0.15) is 25.7 Å². The number of hydrazine groups is 1. The number of alkyl halides is 2. The maximum atomic E-state index is 13.3. The third-order valence-corrected chi connectivity index (χ3v) is 5.06. The fraction of sp³-hybridized carbons (Fsp3) is 0.733. The Balaban J connectivity index is 1.56. The molecule has 28 heavy (non-hydrogen) atoms. The molecule has 3 atom stereocenters. The van der Waals surface area contributed by atoms with E-state index in [0.29, 0.717) is 18.0 Å². The van der Waals surface area contributed by atoms with E-state index in [1.807, 2.05) is 0 Å². The third-order valence-electron chi connectivity index (χ3n) is 5.06. The number of rotatable bonds is 5. The van der Waals surface area contributed by atoms with Crippen molar-refractivity contribution in [2.45, 2.75) is 43.9 Å². The maximum absolute atomic E-state index is 13.3. The minimum Gasteiger partial charge on any atom is -0.475 e. The van der Waals surface area contributed by atoms with Gasteiger partial charge in [-0.2, -0.15) is 18.7 Å². The van der Waals surface area contributed by atoms with Crippen LogP contribution < -0.4 is 16.2 Å². The van der Waals surface area contributed by atoms with Gasteiger partial charge < -0.3 is 15.3 Å². The molecule has 0 aromatic rings. The number of carbonyl (C=O) groups is 4. The van der Waals surface area contributed by atoms with Gasteiger partial charge in [0.1, 0.15) is 6.04 Å². The molecule has 3 saturated heterocycles. The zero-order chi connectivity index (χ0) is 20.5. The van der Waals surface area contributed by atoms with Crippen molar-refractivity contribution in [3.8, 4) is 0 Å². The molecule has 2 bridgehead atoms. The lowest BCUT2D eigenvalue weighted by molar-refractivity contribution is -0.327. The number of halogens is 2. The molecule has 0 spiro atoms. The molecule has 0 aromatic carbocycles. The van der Waals surface area contributed by atoms with Gasteiger partial charge in [-0.1, -0.05) is 0 Å². The maximum Gasteiger partial charge on any atom is 0.476 e. The first-order valence-electron chi connectivity index (χ1n) is 8.91. The van der Waals surface area contributed by atoms with E-state index < -0.39 is 36.1 Å². The molecule has 3 aliphatic heterocycles. The first-order chi connectivity index (χ1) is 13.2. The highest BCUT2D eigenvalue weighted by molar-refractivity contribution is 5.90. The van der Waals surface area contributed by atoms with Gasteiger partial charge in [-0.25, -0.2) is 9.59 Å². The van der Waals surface area contributed by atoms with Crippen molar-refractivity contribution in [3.05, 3.63) is 0 Å². The molecule has 156 valence electrons. The van der Waals surface area contributed by atoms with Gasteiger partial charge in [-0.3, -0.25) is 20.4 Å². The second kappa shape index (κ2) is 7.83. The standard InChI is InChI=1S/C15H21F2N5O6/c16-15(17,13(25)26)28-22-9-3-4-10(21(7-9)14(22)27)12(24)20-19-11(23)8-2-1-5-18-6-8/h8-10,18H,1-7H2,(H,19,23)(H,20,24)(H,25,26)/t8-,9-,10-/m1/s1. The number of carboxylic acid groups (broad SMARTS) is 1. The van der Waals surface area contributed by atoms with Crippen LogP contribution in [0.25, 0.3) is 0 Å². The number of piperidine rings is 2. The molecule has 0 radical (unpaired) electrons. The molecule has 13 heteroatoms. The summed E-state index contributed by atoms with van der Waals surface area (Å²) in [6.45, 7) is 1.27. The summed E-state index contributed by atoms with van der Waals surface area (Å²) in [6, 6.07) is -2.79. The van der Waals surface area contributed by atoms with E-state index in [1.54, 1.807) is 0 Å². The highest BCUT2D eigenvalue weighted by Gasteiger charge is 2.53. The average molecular weight is 405 g/mol. The Labute approximate surface area is 158 Å². The smallest absolute Gasteiger partial charge is 0.475 e. The summed E-state index contributed by atoms with van der Waals surface area (Å²) in [7, 11) is 0. The summed E-state index contributed by atoms with van der Waals surface area (Å²) in [4.78, 5) is 52.4. The van der Waals surface area contributed by atoms with E-state index in [-0.39, 0.29) is 31.2 Å². The Hall–Kier alpha value is -2.54. The zero-order valence-electron chi connectivity index (χ0n) is 14.8. The molecule has 0 unspecified atom stereocenters. The van der Waals surface area contributed by atoms with Crippen LogP contribution in [0, 0.1) is 5.92 Å². The molecule has 11 nitrogen and oxygen atoms in total. The number of amides is 4. The lowest BCUT2D eigenvalue weighted by Crippen LogP contribution is -2.55. The van der Waals surface area contributed by atoms with Gasteiger partial charge in [-0.15, -0.1) is 0 Å².